The Bertz CT molecular complexity index is 1100. The number of aryl methyl sites for hydroxylation is 2. The zero-order chi connectivity index (χ0) is 23.4. The summed E-state index contributed by atoms with van der Waals surface area (Å²) in [5.41, 5.74) is 2.91. The molecule has 0 aliphatic carbocycles. The Labute approximate surface area is 191 Å². The van der Waals surface area contributed by atoms with Crippen LogP contribution >= 0.6 is 0 Å². The number of carbonyl (C=O) groups excluding carboxylic acids is 3. The van der Waals surface area contributed by atoms with E-state index in [0.29, 0.717) is 23.3 Å². The van der Waals surface area contributed by atoms with Crippen LogP contribution in [0.1, 0.15) is 38.3 Å². The van der Waals surface area contributed by atoms with E-state index in [1.54, 1.807) is 36.4 Å². The summed E-state index contributed by atoms with van der Waals surface area (Å²) in [5, 5.41) is 0. The molecule has 0 aromatic heterocycles. The largest absolute Gasteiger partial charge is 0.459 e. The lowest BCUT2D eigenvalue weighted by atomic mass is 10.1. The summed E-state index contributed by atoms with van der Waals surface area (Å²) in [6, 6.07) is 14.1. The molecule has 0 unspecified atom stereocenters. The van der Waals surface area contributed by atoms with Gasteiger partial charge in [0.05, 0.1) is 17.2 Å². The first kappa shape index (κ1) is 22.5. The molecular weight excluding hydrogens is 424 g/mol. The first-order chi connectivity index (χ1) is 15.9. The second-order valence-corrected chi connectivity index (χ2v) is 8.05. The molecule has 2 aromatic carbocycles. The molecule has 0 bridgehead atoms. The summed E-state index contributed by atoms with van der Waals surface area (Å²) in [6.45, 7) is 3.77. The average Bonchev–Trinajstić information content (AvgIpc) is 3.38. The number of benzene rings is 2. The lowest BCUT2D eigenvalue weighted by Gasteiger charge is -2.19. The van der Waals surface area contributed by atoms with Gasteiger partial charge >= 0.3 is 17.9 Å². The maximum atomic E-state index is 12.7. The molecule has 33 heavy (non-hydrogen) atoms. The fourth-order valence-corrected chi connectivity index (χ4v) is 3.56. The predicted molar refractivity (Wildman–Crippen MR) is 118 cm³/mol. The molecule has 4 rings (SSSR count). The van der Waals surface area contributed by atoms with Crippen molar-refractivity contribution in [3.05, 3.63) is 94.8 Å². The van der Waals surface area contributed by atoms with Crippen molar-refractivity contribution < 1.29 is 33.3 Å². The van der Waals surface area contributed by atoms with Crippen molar-refractivity contribution in [2.24, 2.45) is 0 Å². The number of cyclic esters (lactones) is 1. The van der Waals surface area contributed by atoms with Crippen LogP contribution in [0.4, 0.5) is 0 Å². The number of allylic oxidation sites excluding steroid dienone is 1. The Morgan fingerprint density at radius 2 is 1.55 bits per heavy atom. The summed E-state index contributed by atoms with van der Waals surface area (Å²) < 4.78 is 22.2. The first-order valence-electron chi connectivity index (χ1n) is 10.7. The molecule has 0 radical (unpaired) electrons. The van der Waals surface area contributed by atoms with Crippen molar-refractivity contribution in [3.63, 3.8) is 0 Å². The number of esters is 3. The van der Waals surface area contributed by atoms with Crippen molar-refractivity contribution in [1.82, 2.24) is 0 Å². The molecule has 2 aromatic rings. The molecule has 170 valence electrons. The molecule has 3 atom stereocenters. The van der Waals surface area contributed by atoms with E-state index in [0.717, 1.165) is 11.1 Å². The molecule has 2 aliphatic heterocycles. The Kier molecular flexibility index (Phi) is 6.70. The Balaban J connectivity index is 1.44. The van der Waals surface area contributed by atoms with E-state index >= 15 is 0 Å². The quantitative estimate of drug-likeness (QED) is 0.490. The molecule has 0 N–H and O–H groups in total. The molecule has 0 amide bonds. The molecule has 7 heteroatoms. The van der Waals surface area contributed by atoms with Gasteiger partial charge in [0.15, 0.2) is 0 Å². The minimum atomic E-state index is -0.670. The lowest BCUT2D eigenvalue weighted by molar-refractivity contribution is -0.132. The van der Waals surface area contributed by atoms with Crippen LogP contribution < -0.4 is 0 Å². The molecule has 0 spiro atoms. The number of carbonyl (C=O) groups is 3. The van der Waals surface area contributed by atoms with Gasteiger partial charge < -0.3 is 18.9 Å². The van der Waals surface area contributed by atoms with Crippen LogP contribution in [0.5, 0.6) is 0 Å². The monoisotopic (exact) mass is 448 g/mol. The fraction of sp³-hybridized carbons (Fsp3) is 0.269. The maximum Gasteiger partial charge on any atom is 0.338 e. The molecule has 2 aliphatic rings. The molecule has 7 nitrogen and oxygen atoms in total. The maximum absolute atomic E-state index is 12.7. The number of hydrogen-bond donors (Lipinski definition) is 0. The van der Waals surface area contributed by atoms with E-state index in [2.05, 4.69) is 0 Å². The van der Waals surface area contributed by atoms with Gasteiger partial charge in [-0.15, -0.1) is 0 Å². The zero-order valence-electron chi connectivity index (χ0n) is 18.4. The molecule has 2 heterocycles. The van der Waals surface area contributed by atoms with E-state index < -0.39 is 36.2 Å². The van der Waals surface area contributed by atoms with E-state index in [4.69, 9.17) is 18.9 Å². The Morgan fingerprint density at radius 3 is 2.12 bits per heavy atom. The van der Waals surface area contributed by atoms with Gasteiger partial charge in [0.25, 0.3) is 0 Å². The van der Waals surface area contributed by atoms with Crippen molar-refractivity contribution in [2.75, 3.05) is 6.61 Å². The Hall–Kier alpha value is -3.71. The highest BCUT2D eigenvalue weighted by Crippen LogP contribution is 2.28. The van der Waals surface area contributed by atoms with Crippen LogP contribution in [0.2, 0.25) is 0 Å². The van der Waals surface area contributed by atoms with Crippen molar-refractivity contribution in [3.8, 4) is 0 Å². The van der Waals surface area contributed by atoms with E-state index in [1.807, 2.05) is 38.1 Å². The molecular formula is C26H24O7. The van der Waals surface area contributed by atoms with Crippen molar-refractivity contribution >= 4 is 17.9 Å². The third kappa shape index (κ3) is 5.75. The second-order valence-electron chi connectivity index (χ2n) is 8.05. The van der Waals surface area contributed by atoms with Gasteiger partial charge in [-0.05, 0) is 50.3 Å². The third-order valence-corrected chi connectivity index (χ3v) is 5.39. The van der Waals surface area contributed by atoms with E-state index in [9.17, 15) is 14.4 Å². The van der Waals surface area contributed by atoms with Gasteiger partial charge in [-0.25, -0.2) is 14.4 Å². The number of rotatable bonds is 6. The van der Waals surface area contributed by atoms with Gasteiger partial charge in [0.2, 0.25) is 0 Å². The first-order valence-corrected chi connectivity index (χ1v) is 10.7. The van der Waals surface area contributed by atoms with Crippen molar-refractivity contribution in [2.45, 2.75) is 38.6 Å². The minimum Gasteiger partial charge on any atom is -0.459 e. The van der Waals surface area contributed by atoms with Crippen LogP contribution in [0.3, 0.4) is 0 Å². The Morgan fingerprint density at radius 1 is 0.939 bits per heavy atom. The minimum absolute atomic E-state index is 0.0894. The van der Waals surface area contributed by atoms with Crippen molar-refractivity contribution in [1.29, 1.82) is 0 Å². The predicted octanol–water partition coefficient (Wildman–Crippen LogP) is 3.84. The normalized spacial score (nSPS) is 22.9. The fourth-order valence-electron chi connectivity index (χ4n) is 3.56. The van der Waals surface area contributed by atoms with Crippen LogP contribution in [0.15, 0.2) is 72.5 Å². The molecule has 1 saturated heterocycles. The highest BCUT2D eigenvalue weighted by molar-refractivity contribution is 5.90. The smallest absolute Gasteiger partial charge is 0.338 e. The standard InChI is InChI=1S/C26H24O7/c1-16-3-7-18(8-4-16)25(28)30-15-23-22(33-26(29)19-9-5-17(2)6-10-19)14-21(31-23)13-20-11-12-24(27)32-20/h3-13,21-23H,14-15H2,1-2H3/b20-13-/t21-,22-,23+/m0/s1. The number of hydrogen-bond acceptors (Lipinski definition) is 7. The highest BCUT2D eigenvalue weighted by Gasteiger charge is 2.38. The van der Waals surface area contributed by atoms with Crippen LogP contribution in [-0.4, -0.2) is 42.8 Å². The summed E-state index contributed by atoms with van der Waals surface area (Å²) >= 11 is 0. The highest BCUT2D eigenvalue weighted by atomic mass is 16.6. The third-order valence-electron chi connectivity index (χ3n) is 5.39. The molecule has 1 fully saturated rings. The topological polar surface area (TPSA) is 88.1 Å². The summed E-state index contributed by atoms with van der Waals surface area (Å²) in [5.74, 6) is -1.06. The van der Waals surface area contributed by atoms with E-state index in [1.165, 1.54) is 6.08 Å². The molecule has 0 saturated carbocycles. The summed E-state index contributed by atoms with van der Waals surface area (Å²) in [6.07, 6.45) is 3.05. The lowest BCUT2D eigenvalue weighted by Crippen LogP contribution is -2.32. The van der Waals surface area contributed by atoms with Crippen LogP contribution in [-0.2, 0) is 23.7 Å². The van der Waals surface area contributed by atoms with Crippen LogP contribution in [0.25, 0.3) is 0 Å². The van der Waals surface area contributed by atoms with Gasteiger partial charge in [0, 0.05) is 12.5 Å². The summed E-state index contributed by atoms with van der Waals surface area (Å²) in [7, 11) is 0. The van der Waals surface area contributed by atoms with Gasteiger partial charge in [-0.2, -0.15) is 0 Å². The van der Waals surface area contributed by atoms with Crippen LogP contribution in [0, 0.1) is 13.8 Å². The van der Waals surface area contributed by atoms with Gasteiger partial charge in [-0.3, -0.25) is 0 Å². The van der Waals surface area contributed by atoms with E-state index in [-0.39, 0.29) is 6.61 Å². The van der Waals surface area contributed by atoms with Gasteiger partial charge in [-0.1, -0.05) is 35.4 Å². The number of ether oxygens (including phenoxy) is 4. The zero-order valence-corrected chi connectivity index (χ0v) is 18.4. The second kappa shape index (κ2) is 9.83. The van der Waals surface area contributed by atoms with Gasteiger partial charge in [0.1, 0.15) is 24.6 Å². The SMILES string of the molecule is Cc1ccc(C(=O)OC[C@H]2O[C@@H](/C=C3/C=CC(=O)O3)C[C@@H]2OC(=O)c2ccc(C)cc2)cc1. The summed E-state index contributed by atoms with van der Waals surface area (Å²) in [4.78, 5) is 36.4. The average molecular weight is 448 g/mol.